The number of aromatic nitrogens is 2. The van der Waals surface area contributed by atoms with Gasteiger partial charge in [-0.05, 0) is 48.4 Å². The second-order valence-corrected chi connectivity index (χ2v) is 10.1. The van der Waals surface area contributed by atoms with Crippen molar-refractivity contribution in [3.05, 3.63) is 89.0 Å². The van der Waals surface area contributed by atoms with Gasteiger partial charge in [0.05, 0.1) is 17.6 Å². The molecule has 2 fully saturated rings. The third-order valence-electron chi connectivity index (χ3n) is 7.14. The largest absolute Gasteiger partial charge is 0.369 e. The van der Waals surface area contributed by atoms with Crippen molar-refractivity contribution < 1.29 is 22.4 Å². The normalized spacial score (nSPS) is 18.3. The molecule has 194 valence electrons. The number of alkyl halides is 2. The molecular weight excluding hydrogens is 486 g/mol. The van der Waals surface area contributed by atoms with E-state index in [-0.39, 0.29) is 16.7 Å². The van der Waals surface area contributed by atoms with E-state index in [0.29, 0.717) is 12.6 Å². The van der Waals surface area contributed by atoms with Gasteiger partial charge in [0.2, 0.25) is 5.91 Å². The zero-order valence-corrected chi connectivity index (χ0v) is 20.5. The number of likely N-dealkylation sites (tertiary alicyclic amines) is 1. The summed E-state index contributed by atoms with van der Waals surface area (Å²) in [6, 6.07) is 9.63. The van der Waals surface area contributed by atoms with E-state index in [2.05, 4.69) is 31.2 Å². The molecular formula is C27H27F4N5O. The molecule has 37 heavy (non-hydrogen) atoms. The van der Waals surface area contributed by atoms with Gasteiger partial charge in [-0.2, -0.15) is 0 Å². The monoisotopic (exact) mass is 513 g/mol. The van der Waals surface area contributed by atoms with E-state index in [0.717, 1.165) is 62.2 Å². The number of carbonyl (C=O) groups is 1. The number of benzene rings is 1. The first-order valence-electron chi connectivity index (χ1n) is 12.0. The van der Waals surface area contributed by atoms with Crippen LogP contribution in [-0.4, -0.2) is 53.4 Å². The molecule has 5 rings (SSSR count). The molecule has 6 nitrogen and oxygen atoms in total. The zero-order valence-electron chi connectivity index (χ0n) is 20.5. The maximum Gasteiger partial charge on any atom is 0.271 e. The predicted octanol–water partition coefficient (Wildman–Crippen LogP) is 4.03. The molecule has 1 atom stereocenters. The first-order chi connectivity index (χ1) is 17.6. The van der Waals surface area contributed by atoms with E-state index in [1.165, 1.54) is 12.3 Å². The van der Waals surface area contributed by atoms with Crippen LogP contribution < -0.4 is 10.2 Å². The molecule has 1 N–H and O–H groups in total. The lowest BCUT2D eigenvalue weighted by atomic mass is 9.72. The minimum absolute atomic E-state index is 0.158. The number of nitrogens with zero attached hydrogens (tertiary/aromatic N) is 4. The van der Waals surface area contributed by atoms with Crippen molar-refractivity contribution in [1.29, 1.82) is 0 Å². The fourth-order valence-electron chi connectivity index (χ4n) is 5.41. The van der Waals surface area contributed by atoms with Crippen molar-refractivity contribution in [3.8, 4) is 0 Å². The Morgan fingerprint density at radius 1 is 1.03 bits per heavy atom. The molecule has 1 amide bonds. The summed E-state index contributed by atoms with van der Waals surface area (Å²) in [7, 11) is 0. The summed E-state index contributed by atoms with van der Waals surface area (Å²) in [5, 5.41) is 2.24. The maximum atomic E-state index is 14.5. The Morgan fingerprint density at radius 2 is 1.78 bits per heavy atom. The first kappa shape index (κ1) is 25.1. The molecule has 2 aliphatic heterocycles. The molecule has 0 saturated carbocycles. The molecule has 2 saturated heterocycles. The standard InChI is InChI=1S/C27H27F4N5O/c1-17-3-6-21(11-32-17)36-15-26(16-36)13-35(14-26)12-19-4-8-24(33-10-19)27(25(30)31,34-18(2)37)20-5-7-22(28)23(29)9-20/h3-11,25H,12-16H2,1-2H3,(H,34,37)/t27-/m1/s1. The summed E-state index contributed by atoms with van der Waals surface area (Å²) < 4.78 is 56.5. The van der Waals surface area contributed by atoms with E-state index in [1.807, 2.05) is 19.2 Å². The number of nitrogens with one attached hydrogen (secondary N) is 1. The highest BCUT2D eigenvalue weighted by atomic mass is 19.3. The van der Waals surface area contributed by atoms with Gasteiger partial charge in [0.15, 0.2) is 17.2 Å². The Bertz CT molecular complexity index is 1290. The quantitative estimate of drug-likeness (QED) is 0.484. The van der Waals surface area contributed by atoms with Crippen LogP contribution in [0.25, 0.3) is 0 Å². The average Bonchev–Trinajstić information content (AvgIpc) is 2.81. The lowest BCUT2D eigenvalue weighted by molar-refractivity contribution is -0.122. The van der Waals surface area contributed by atoms with Crippen LogP contribution in [0.3, 0.4) is 0 Å². The lowest BCUT2D eigenvalue weighted by Gasteiger charge is -2.61. The molecule has 0 unspecified atom stereocenters. The zero-order chi connectivity index (χ0) is 26.4. The summed E-state index contributed by atoms with van der Waals surface area (Å²) in [6.07, 6.45) is 0.219. The number of amides is 1. The molecule has 4 heterocycles. The maximum absolute atomic E-state index is 14.5. The van der Waals surface area contributed by atoms with Gasteiger partial charge in [0.1, 0.15) is 0 Å². The highest BCUT2D eigenvalue weighted by molar-refractivity contribution is 5.75. The van der Waals surface area contributed by atoms with Gasteiger partial charge in [0.25, 0.3) is 6.43 Å². The van der Waals surface area contributed by atoms with Crippen molar-refractivity contribution in [2.75, 3.05) is 31.1 Å². The number of rotatable bonds is 7. The van der Waals surface area contributed by atoms with Gasteiger partial charge >= 0.3 is 0 Å². The number of hydrogen-bond donors (Lipinski definition) is 1. The van der Waals surface area contributed by atoms with Gasteiger partial charge in [0, 0.05) is 57.0 Å². The summed E-state index contributed by atoms with van der Waals surface area (Å²) in [5.74, 6) is -3.21. The van der Waals surface area contributed by atoms with Crippen LogP contribution in [0, 0.1) is 24.0 Å². The van der Waals surface area contributed by atoms with E-state index in [9.17, 15) is 22.4 Å². The number of halogens is 4. The molecule has 1 aromatic carbocycles. The SMILES string of the molecule is CC(=O)N[C@](c1ccc(F)c(F)c1)(c1ccc(CN2CC3(C2)CN(c2ccc(C)nc2)C3)cn1)C(F)F. The molecule has 1 spiro atoms. The Kier molecular flexibility index (Phi) is 6.39. The van der Waals surface area contributed by atoms with Crippen LogP contribution in [0.15, 0.2) is 54.9 Å². The highest BCUT2D eigenvalue weighted by Gasteiger charge is 2.51. The third-order valence-corrected chi connectivity index (χ3v) is 7.14. The van der Waals surface area contributed by atoms with Crippen LogP contribution in [0.1, 0.15) is 29.4 Å². The number of hydrogen-bond acceptors (Lipinski definition) is 5. The summed E-state index contributed by atoms with van der Waals surface area (Å²) in [5.41, 5.74) is 0.321. The van der Waals surface area contributed by atoms with Crippen molar-refractivity contribution >= 4 is 11.6 Å². The fourth-order valence-corrected chi connectivity index (χ4v) is 5.41. The molecule has 0 radical (unpaired) electrons. The van der Waals surface area contributed by atoms with Gasteiger partial charge < -0.3 is 10.2 Å². The van der Waals surface area contributed by atoms with Crippen LogP contribution in [0.2, 0.25) is 0 Å². The average molecular weight is 514 g/mol. The van der Waals surface area contributed by atoms with Crippen LogP contribution in [0.4, 0.5) is 23.2 Å². The van der Waals surface area contributed by atoms with E-state index in [1.54, 1.807) is 6.07 Å². The number of pyridine rings is 2. The number of anilines is 1. The van der Waals surface area contributed by atoms with E-state index >= 15 is 0 Å². The minimum atomic E-state index is -3.17. The molecule has 2 aromatic heterocycles. The molecule has 0 aliphatic carbocycles. The predicted molar refractivity (Wildman–Crippen MR) is 130 cm³/mol. The summed E-state index contributed by atoms with van der Waals surface area (Å²) >= 11 is 0. The molecule has 10 heteroatoms. The fraction of sp³-hybridized carbons (Fsp3) is 0.370. The summed E-state index contributed by atoms with van der Waals surface area (Å²) in [4.78, 5) is 25.1. The van der Waals surface area contributed by atoms with Gasteiger partial charge in [-0.15, -0.1) is 0 Å². The Labute approximate surface area is 212 Å². The smallest absolute Gasteiger partial charge is 0.271 e. The van der Waals surface area contributed by atoms with Crippen molar-refractivity contribution in [2.45, 2.75) is 32.4 Å². The van der Waals surface area contributed by atoms with Crippen molar-refractivity contribution in [3.63, 3.8) is 0 Å². The van der Waals surface area contributed by atoms with Gasteiger partial charge in [-0.25, -0.2) is 17.6 Å². The van der Waals surface area contributed by atoms with Crippen molar-refractivity contribution in [1.82, 2.24) is 20.2 Å². The van der Waals surface area contributed by atoms with Crippen LogP contribution in [-0.2, 0) is 16.9 Å². The second kappa shape index (κ2) is 9.41. The molecule has 2 aliphatic rings. The minimum Gasteiger partial charge on any atom is -0.369 e. The second-order valence-electron chi connectivity index (χ2n) is 10.1. The Hall–Kier alpha value is -3.53. The molecule has 3 aromatic rings. The van der Waals surface area contributed by atoms with Gasteiger partial charge in [-0.1, -0.05) is 12.1 Å². The first-order valence-corrected chi connectivity index (χ1v) is 12.0. The van der Waals surface area contributed by atoms with E-state index < -0.39 is 29.5 Å². The van der Waals surface area contributed by atoms with Crippen molar-refractivity contribution in [2.24, 2.45) is 5.41 Å². The number of carbonyl (C=O) groups excluding carboxylic acids is 1. The number of aryl methyl sites for hydroxylation is 1. The summed E-state index contributed by atoms with van der Waals surface area (Å²) in [6.45, 7) is 7.43. The highest BCUT2D eigenvalue weighted by Crippen LogP contribution is 2.42. The lowest BCUT2D eigenvalue weighted by Crippen LogP contribution is -2.71. The third kappa shape index (κ3) is 4.66. The van der Waals surface area contributed by atoms with Crippen LogP contribution >= 0.6 is 0 Å². The Balaban J connectivity index is 1.27. The Morgan fingerprint density at radius 3 is 2.35 bits per heavy atom. The van der Waals surface area contributed by atoms with Crippen LogP contribution in [0.5, 0.6) is 0 Å². The van der Waals surface area contributed by atoms with E-state index in [4.69, 9.17) is 0 Å². The van der Waals surface area contributed by atoms with Gasteiger partial charge in [-0.3, -0.25) is 19.7 Å². The topological polar surface area (TPSA) is 61.4 Å². The molecule has 0 bridgehead atoms.